The first-order valence-electron chi connectivity index (χ1n) is 5.31. The van der Waals surface area contributed by atoms with Crippen LogP contribution >= 0.6 is 0 Å². The van der Waals surface area contributed by atoms with Gasteiger partial charge in [0, 0.05) is 23.9 Å². The van der Waals surface area contributed by atoms with Crippen LogP contribution in [-0.2, 0) is 6.54 Å². The summed E-state index contributed by atoms with van der Waals surface area (Å²) in [5.41, 5.74) is 7.33. The number of hydrogen-bond acceptors (Lipinski definition) is 5. The summed E-state index contributed by atoms with van der Waals surface area (Å²) >= 11 is 0. The van der Waals surface area contributed by atoms with E-state index in [0.717, 1.165) is 5.56 Å². The number of amides is 1. The van der Waals surface area contributed by atoms with Crippen LogP contribution in [0.1, 0.15) is 16.1 Å². The maximum atomic E-state index is 11.7. The summed E-state index contributed by atoms with van der Waals surface area (Å²) < 4.78 is 9.78. The number of benzene rings is 1. The van der Waals surface area contributed by atoms with Gasteiger partial charge in [-0.25, -0.2) is 0 Å². The molecule has 0 bridgehead atoms. The fraction of sp³-hybridized carbons (Fsp3) is 0.167. The van der Waals surface area contributed by atoms with Crippen LogP contribution < -0.4 is 15.8 Å². The molecule has 0 aliphatic rings. The molecule has 1 heterocycles. The van der Waals surface area contributed by atoms with Crippen LogP contribution in [0.3, 0.4) is 0 Å². The maximum absolute atomic E-state index is 11.7. The van der Waals surface area contributed by atoms with E-state index in [-0.39, 0.29) is 11.6 Å². The van der Waals surface area contributed by atoms with Gasteiger partial charge in [-0.15, -0.1) is 0 Å². The molecule has 1 aromatic heterocycles. The van der Waals surface area contributed by atoms with Gasteiger partial charge in [0.2, 0.25) is 0 Å². The molecule has 0 unspecified atom stereocenters. The van der Waals surface area contributed by atoms with Crippen LogP contribution in [0, 0.1) is 0 Å². The second-order valence-corrected chi connectivity index (χ2v) is 3.64. The van der Waals surface area contributed by atoms with Gasteiger partial charge < -0.3 is 20.3 Å². The molecule has 1 aromatic carbocycles. The monoisotopic (exact) mass is 247 g/mol. The number of nitrogens with zero attached hydrogens (tertiary/aromatic N) is 1. The third kappa shape index (κ3) is 2.60. The largest absolute Gasteiger partial charge is 0.496 e. The van der Waals surface area contributed by atoms with Crippen LogP contribution in [-0.4, -0.2) is 18.2 Å². The van der Waals surface area contributed by atoms with E-state index in [1.54, 1.807) is 25.3 Å². The quantitative estimate of drug-likeness (QED) is 0.792. The molecule has 0 saturated carbocycles. The number of anilines is 1. The van der Waals surface area contributed by atoms with Gasteiger partial charge in [-0.3, -0.25) is 4.79 Å². The van der Waals surface area contributed by atoms with Crippen LogP contribution in [0.5, 0.6) is 5.75 Å². The maximum Gasteiger partial charge on any atom is 0.273 e. The standard InChI is InChI=1S/C12H13N3O3/c1-17-11-3-2-9(13)6-8(11)7-14-12(16)10-4-5-18-15-10/h2-6H,7,13H2,1H3,(H,14,16). The second-order valence-electron chi connectivity index (χ2n) is 3.64. The molecule has 6 heteroatoms. The highest BCUT2D eigenvalue weighted by molar-refractivity contribution is 5.91. The van der Waals surface area contributed by atoms with Crippen LogP contribution in [0.2, 0.25) is 0 Å². The Labute approximate surface area is 104 Å². The topological polar surface area (TPSA) is 90.4 Å². The summed E-state index contributed by atoms with van der Waals surface area (Å²) in [6, 6.07) is 6.74. The highest BCUT2D eigenvalue weighted by Gasteiger charge is 2.10. The van der Waals surface area contributed by atoms with E-state index in [1.165, 1.54) is 12.3 Å². The lowest BCUT2D eigenvalue weighted by Crippen LogP contribution is -2.23. The summed E-state index contributed by atoms with van der Waals surface area (Å²) in [5, 5.41) is 6.25. The summed E-state index contributed by atoms with van der Waals surface area (Å²) in [6.45, 7) is 0.305. The smallest absolute Gasteiger partial charge is 0.273 e. The summed E-state index contributed by atoms with van der Waals surface area (Å²) in [5.74, 6) is 0.359. The molecule has 2 aromatic rings. The summed E-state index contributed by atoms with van der Waals surface area (Å²) in [7, 11) is 1.56. The highest BCUT2D eigenvalue weighted by Crippen LogP contribution is 2.20. The predicted molar refractivity (Wildman–Crippen MR) is 65.1 cm³/mol. The van der Waals surface area contributed by atoms with Gasteiger partial charge in [-0.1, -0.05) is 5.16 Å². The van der Waals surface area contributed by atoms with Gasteiger partial charge in [-0.05, 0) is 18.2 Å². The Morgan fingerprint density at radius 3 is 3.00 bits per heavy atom. The molecule has 94 valence electrons. The van der Waals surface area contributed by atoms with E-state index in [0.29, 0.717) is 18.0 Å². The molecule has 18 heavy (non-hydrogen) atoms. The van der Waals surface area contributed by atoms with Crippen LogP contribution in [0.25, 0.3) is 0 Å². The molecule has 0 aliphatic carbocycles. The minimum Gasteiger partial charge on any atom is -0.496 e. The number of nitrogens with one attached hydrogen (secondary N) is 1. The van der Waals surface area contributed by atoms with Gasteiger partial charge in [0.25, 0.3) is 5.91 Å². The van der Waals surface area contributed by atoms with E-state index in [2.05, 4.69) is 15.0 Å². The van der Waals surface area contributed by atoms with Gasteiger partial charge in [0.15, 0.2) is 5.69 Å². The van der Waals surface area contributed by atoms with E-state index < -0.39 is 0 Å². The number of rotatable bonds is 4. The van der Waals surface area contributed by atoms with Crippen LogP contribution in [0.4, 0.5) is 5.69 Å². The first-order valence-corrected chi connectivity index (χ1v) is 5.31. The molecule has 0 radical (unpaired) electrons. The molecule has 0 spiro atoms. The van der Waals surface area contributed by atoms with Gasteiger partial charge >= 0.3 is 0 Å². The molecule has 0 atom stereocenters. The average Bonchev–Trinajstić information content (AvgIpc) is 2.90. The fourth-order valence-corrected chi connectivity index (χ4v) is 1.53. The Morgan fingerprint density at radius 2 is 2.33 bits per heavy atom. The number of nitrogens with two attached hydrogens (primary N) is 1. The molecular weight excluding hydrogens is 234 g/mol. The van der Waals surface area contributed by atoms with E-state index in [4.69, 9.17) is 10.5 Å². The molecule has 3 N–H and O–H groups in total. The van der Waals surface area contributed by atoms with Crippen molar-refractivity contribution >= 4 is 11.6 Å². The second kappa shape index (κ2) is 5.22. The van der Waals surface area contributed by atoms with Crippen molar-refractivity contribution in [3.8, 4) is 5.75 Å². The van der Waals surface area contributed by atoms with Crippen LogP contribution in [0.15, 0.2) is 35.1 Å². The third-order valence-corrected chi connectivity index (χ3v) is 2.41. The molecule has 1 amide bonds. The Balaban J connectivity index is 2.06. The average molecular weight is 247 g/mol. The minimum absolute atomic E-state index is 0.234. The summed E-state index contributed by atoms with van der Waals surface area (Å²) in [4.78, 5) is 11.7. The number of methoxy groups -OCH3 is 1. The Bertz CT molecular complexity index is 538. The predicted octanol–water partition coefficient (Wildman–Crippen LogP) is 1.20. The molecular formula is C12H13N3O3. The number of ether oxygens (including phenoxy) is 1. The lowest BCUT2D eigenvalue weighted by atomic mass is 10.1. The molecule has 0 aliphatic heterocycles. The summed E-state index contributed by atoms with van der Waals surface area (Å²) in [6.07, 6.45) is 1.34. The number of carbonyl (C=O) groups excluding carboxylic acids is 1. The first-order chi connectivity index (χ1) is 8.70. The van der Waals surface area contributed by atoms with Crippen molar-refractivity contribution in [1.29, 1.82) is 0 Å². The van der Waals surface area contributed by atoms with Crippen molar-refractivity contribution < 1.29 is 14.1 Å². The van der Waals surface area contributed by atoms with Crippen molar-refractivity contribution in [2.75, 3.05) is 12.8 Å². The Kier molecular flexibility index (Phi) is 3.47. The SMILES string of the molecule is COc1ccc(N)cc1CNC(=O)c1ccon1. The molecule has 0 saturated heterocycles. The molecule has 2 rings (SSSR count). The van der Waals surface area contributed by atoms with E-state index in [1.807, 2.05) is 0 Å². The van der Waals surface area contributed by atoms with Crippen molar-refractivity contribution in [2.45, 2.75) is 6.54 Å². The number of aromatic nitrogens is 1. The van der Waals surface area contributed by atoms with Gasteiger partial charge in [0.05, 0.1) is 7.11 Å². The van der Waals surface area contributed by atoms with Gasteiger partial charge in [0.1, 0.15) is 12.0 Å². The number of hydrogen-bond donors (Lipinski definition) is 2. The zero-order chi connectivity index (χ0) is 13.0. The fourth-order valence-electron chi connectivity index (χ4n) is 1.53. The lowest BCUT2D eigenvalue weighted by Gasteiger charge is -2.09. The normalized spacial score (nSPS) is 10.1. The van der Waals surface area contributed by atoms with Crippen molar-refractivity contribution in [3.63, 3.8) is 0 Å². The third-order valence-electron chi connectivity index (χ3n) is 2.41. The zero-order valence-electron chi connectivity index (χ0n) is 9.84. The highest BCUT2D eigenvalue weighted by atomic mass is 16.5. The lowest BCUT2D eigenvalue weighted by molar-refractivity contribution is 0.0941. The van der Waals surface area contributed by atoms with Gasteiger partial charge in [-0.2, -0.15) is 0 Å². The number of carbonyl (C=O) groups is 1. The van der Waals surface area contributed by atoms with Crippen molar-refractivity contribution in [2.24, 2.45) is 0 Å². The molecule has 6 nitrogen and oxygen atoms in total. The Morgan fingerprint density at radius 1 is 1.50 bits per heavy atom. The zero-order valence-corrected chi connectivity index (χ0v) is 9.84. The van der Waals surface area contributed by atoms with Crippen molar-refractivity contribution in [1.82, 2.24) is 10.5 Å². The van der Waals surface area contributed by atoms with E-state index in [9.17, 15) is 4.79 Å². The van der Waals surface area contributed by atoms with E-state index >= 15 is 0 Å². The minimum atomic E-state index is -0.312. The Hall–Kier alpha value is -2.50. The van der Waals surface area contributed by atoms with Crippen molar-refractivity contribution in [3.05, 3.63) is 41.8 Å². The first kappa shape index (κ1) is 12.0. The molecule has 0 fully saturated rings. The number of nitrogen functional groups attached to an aromatic ring is 1.